The summed E-state index contributed by atoms with van der Waals surface area (Å²) >= 11 is 0. The third kappa shape index (κ3) is 3.24. The fraction of sp³-hybridized carbons (Fsp3) is 0.238. The Labute approximate surface area is 172 Å². The Morgan fingerprint density at radius 3 is 2.73 bits per heavy atom. The van der Waals surface area contributed by atoms with E-state index in [1.165, 1.54) is 11.9 Å². The molecule has 2 heterocycles. The Hall–Kier alpha value is -3.88. The number of amides is 2. The van der Waals surface area contributed by atoms with Crippen LogP contribution in [0.15, 0.2) is 47.5 Å². The second kappa shape index (κ2) is 6.87. The topological polar surface area (TPSA) is 120 Å². The maximum atomic E-state index is 12.5. The van der Waals surface area contributed by atoms with Crippen LogP contribution in [0.2, 0.25) is 0 Å². The first-order valence-corrected chi connectivity index (χ1v) is 9.33. The van der Waals surface area contributed by atoms with E-state index in [4.69, 9.17) is 5.11 Å². The number of nitrogens with one attached hydrogen (secondary N) is 1. The van der Waals surface area contributed by atoms with E-state index in [0.29, 0.717) is 5.52 Å². The van der Waals surface area contributed by atoms with Gasteiger partial charge in [0, 0.05) is 18.8 Å². The third-order valence-electron chi connectivity index (χ3n) is 5.29. The van der Waals surface area contributed by atoms with E-state index in [-0.39, 0.29) is 24.0 Å². The molecule has 3 aromatic rings. The third-order valence-corrected chi connectivity index (χ3v) is 5.29. The number of carbonyl (C=O) groups excluding carboxylic acids is 1. The number of aliphatic imine (C=N–C) groups is 1. The summed E-state index contributed by atoms with van der Waals surface area (Å²) in [6, 6.07) is 12.6. The number of rotatable bonds is 2. The van der Waals surface area contributed by atoms with Gasteiger partial charge in [-0.2, -0.15) is 0 Å². The van der Waals surface area contributed by atoms with Crippen molar-refractivity contribution in [1.29, 1.82) is 0 Å². The minimum atomic E-state index is -1.28. The maximum absolute atomic E-state index is 12.5. The summed E-state index contributed by atoms with van der Waals surface area (Å²) in [7, 11) is 1.49. The smallest absolute Gasteiger partial charge is 0.411 e. The van der Waals surface area contributed by atoms with Crippen LogP contribution in [0.1, 0.15) is 24.7 Å². The van der Waals surface area contributed by atoms with Crippen molar-refractivity contribution in [3.8, 4) is 11.4 Å². The van der Waals surface area contributed by atoms with Crippen molar-refractivity contribution in [2.45, 2.75) is 25.8 Å². The number of fused-ring (bicyclic) bond motifs is 1. The minimum absolute atomic E-state index is 0.00797. The second-order valence-electron chi connectivity index (χ2n) is 7.49. The van der Waals surface area contributed by atoms with Crippen molar-refractivity contribution in [2.24, 2.45) is 4.99 Å². The van der Waals surface area contributed by atoms with Crippen molar-refractivity contribution in [1.82, 2.24) is 19.8 Å². The highest BCUT2D eigenvalue weighted by Gasteiger charge is 2.37. The normalized spacial score (nSPS) is 19.1. The molecular weight excluding hydrogens is 386 g/mol. The molecule has 1 aromatic heterocycles. The van der Waals surface area contributed by atoms with Crippen LogP contribution in [0.5, 0.6) is 5.75 Å². The van der Waals surface area contributed by atoms with Gasteiger partial charge >= 0.3 is 6.09 Å². The number of carboxylic acid groups (broad SMARTS) is 1. The molecular formula is C21H21N5O4. The molecule has 9 heteroatoms. The van der Waals surface area contributed by atoms with Crippen LogP contribution in [-0.2, 0) is 10.3 Å². The van der Waals surface area contributed by atoms with Gasteiger partial charge in [0.15, 0.2) is 0 Å². The Morgan fingerprint density at radius 1 is 1.23 bits per heavy atom. The highest BCUT2D eigenvalue weighted by Crippen LogP contribution is 2.35. The van der Waals surface area contributed by atoms with Crippen LogP contribution in [0.3, 0.4) is 0 Å². The summed E-state index contributed by atoms with van der Waals surface area (Å²) in [5, 5.41) is 21.0. The lowest BCUT2D eigenvalue weighted by Crippen LogP contribution is -2.51. The molecule has 1 atom stereocenters. The van der Waals surface area contributed by atoms with E-state index in [1.807, 2.05) is 35.8 Å². The molecule has 0 unspecified atom stereocenters. The number of aromatic nitrogens is 2. The molecule has 0 bridgehead atoms. The molecule has 1 aliphatic rings. The maximum Gasteiger partial charge on any atom is 0.411 e. The lowest BCUT2D eigenvalue weighted by molar-refractivity contribution is -0.128. The number of imidazole rings is 1. The van der Waals surface area contributed by atoms with E-state index in [1.54, 1.807) is 25.1 Å². The van der Waals surface area contributed by atoms with Gasteiger partial charge < -0.3 is 10.2 Å². The first-order valence-electron chi connectivity index (χ1n) is 9.33. The van der Waals surface area contributed by atoms with Gasteiger partial charge in [-0.1, -0.05) is 12.1 Å². The average Bonchev–Trinajstić information content (AvgIpc) is 3.00. The van der Waals surface area contributed by atoms with Crippen molar-refractivity contribution >= 4 is 29.0 Å². The van der Waals surface area contributed by atoms with Crippen LogP contribution >= 0.6 is 0 Å². The van der Waals surface area contributed by atoms with Crippen LogP contribution in [0, 0.1) is 6.92 Å². The first-order chi connectivity index (χ1) is 14.2. The molecule has 154 valence electrons. The molecule has 0 saturated carbocycles. The minimum Gasteiger partial charge on any atom is -0.508 e. The van der Waals surface area contributed by atoms with Crippen molar-refractivity contribution < 1.29 is 19.8 Å². The fourth-order valence-corrected chi connectivity index (χ4v) is 3.75. The molecule has 0 spiro atoms. The highest BCUT2D eigenvalue weighted by molar-refractivity contribution is 6.04. The number of nitrogens with zero attached hydrogens (tertiary/aromatic N) is 4. The number of guanidine groups is 1. The molecule has 1 aliphatic heterocycles. The van der Waals surface area contributed by atoms with Crippen molar-refractivity contribution in [3.63, 3.8) is 0 Å². The molecule has 3 N–H and O–H groups in total. The van der Waals surface area contributed by atoms with Crippen LogP contribution in [0.4, 0.5) is 4.79 Å². The highest BCUT2D eigenvalue weighted by atomic mass is 16.4. The van der Waals surface area contributed by atoms with Gasteiger partial charge in [0.05, 0.1) is 23.0 Å². The summed E-state index contributed by atoms with van der Waals surface area (Å²) < 4.78 is 1.96. The molecule has 0 fully saturated rings. The number of hydrogen-bond acceptors (Lipinski definition) is 5. The number of phenolic OH excluding ortho intramolecular Hbond substituents is 1. The zero-order valence-corrected chi connectivity index (χ0v) is 16.7. The van der Waals surface area contributed by atoms with E-state index in [9.17, 15) is 14.7 Å². The largest absolute Gasteiger partial charge is 0.508 e. The van der Waals surface area contributed by atoms with Crippen molar-refractivity contribution in [2.75, 3.05) is 7.05 Å². The average molecular weight is 407 g/mol. The summed E-state index contributed by atoms with van der Waals surface area (Å²) in [6.45, 7) is 3.68. The first kappa shape index (κ1) is 19.4. The van der Waals surface area contributed by atoms with Crippen molar-refractivity contribution in [3.05, 3.63) is 53.9 Å². The van der Waals surface area contributed by atoms with Gasteiger partial charge in [0.1, 0.15) is 11.6 Å². The van der Waals surface area contributed by atoms with E-state index in [0.717, 1.165) is 22.6 Å². The Balaban J connectivity index is 1.82. The van der Waals surface area contributed by atoms with Crippen LogP contribution < -0.4 is 5.32 Å². The molecule has 2 amide bonds. The Bertz CT molecular complexity index is 1220. The molecule has 0 aliphatic carbocycles. The standard InChI is InChI=1S/C21H21N5O4/c1-12-22-16-10-15(27)7-8-17(16)26(12)14-6-4-5-13(9-14)21(2)11-18(28)25(3)19(24-21)23-20(29)30/h4-10,27H,11H2,1-3H3,(H,23,24)(H,29,30)/t21-/m0/s1. The Kier molecular flexibility index (Phi) is 4.45. The van der Waals surface area contributed by atoms with Gasteiger partial charge in [0.25, 0.3) is 0 Å². The summed E-state index contributed by atoms with van der Waals surface area (Å²) in [5.41, 5.74) is 2.17. The monoisotopic (exact) mass is 407 g/mol. The lowest BCUT2D eigenvalue weighted by Gasteiger charge is -2.34. The molecule has 30 heavy (non-hydrogen) atoms. The zero-order valence-electron chi connectivity index (χ0n) is 16.7. The molecule has 4 rings (SSSR count). The molecule has 0 saturated heterocycles. The quantitative estimate of drug-likeness (QED) is 0.603. The predicted molar refractivity (Wildman–Crippen MR) is 111 cm³/mol. The number of phenols is 1. The number of carbonyl (C=O) groups is 2. The van der Waals surface area contributed by atoms with E-state index in [2.05, 4.69) is 15.3 Å². The number of aryl methyl sites for hydroxylation is 1. The van der Waals surface area contributed by atoms with E-state index < -0.39 is 11.6 Å². The molecule has 2 aromatic carbocycles. The fourth-order valence-electron chi connectivity index (χ4n) is 3.75. The molecule has 9 nitrogen and oxygen atoms in total. The number of hydrogen-bond donors (Lipinski definition) is 3. The summed E-state index contributed by atoms with van der Waals surface area (Å²) in [4.78, 5) is 33.9. The van der Waals surface area contributed by atoms with Gasteiger partial charge in [-0.15, -0.1) is 0 Å². The van der Waals surface area contributed by atoms with Crippen LogP contribution in [-0.4, -0.2) is 49.7 Å². The molecule has 0 radical (unpaired) electrons. The lowest BCUT2D eigenvalue weighted by atomic mass is 9.87. The zero-order chi connectivity index (χ0) is 21.6. The van der Waals surface area contributed by atoms with Gasteiger partial charge in [-0.05, 0) is 43.7 Å². The SMILES string of the molecule is Cc1nc2cc(O)ccc2n1-c1cccc([C@]2(C)CC(=O)N(C)C(NC(=O)O)=N2)c1. The summed E-state index contributed by atoms with van der Waals surface area (Å²) in [5.74, 6) is 0.646. The predicted octanol–water partition coefficient (Wildman–Crippen LogP) is 2.74. The van der Waals surface area contributed by atoms with Crippen LogP contribution in [0.25, 0.3) is 16.7 Å². The van der Waals surface area contributed by atoms with Gasteiger partial charge in [-0.3, -0.25) is 19.6 Å². The number of aromatic hydroxyl groups is 1. The van der Waals surface area contributed by atoms with Gasteiger partial charge in [0.2, 0.25) is 11.9 Å². The van der Waals surface area contributed by atoms with Gasteiger partial charge in [-0.25, -0.2) is 14.8 Å². The number of benzene rings is 2. The second-order valence-corrected chi connectivity index (χ2v) is 7.49. The van der Waals surface area contributed by atoms with E-state index >= 15 is 0 Å². The summed E-state index contributed by atoms with van der Waals surface area (Å²) in [6.07, 6.45) is -1.18. The Morgan fingerprint density at radius 2 is 2.00 bits per heavy atom.